The van der Waals surface area contributed by atoms with E-state index in [0.717, 1.165) is 17.0 Å². The molecule has 0 bridgehead atoms. The fourth-order valence-electron chi connectivity index (χ4n) is 2.04. The molecular formula is C16H21N3O2. The molecule has 0 aliphatic carbocycles. The van der Waals surface area contributed by atoms with Crippen LogP contribution in [0.2, 0.25) is 0 Å². The van der Waals surface area contributed by atoms with Gasteiger partial charge in [0.15, 0.2) is 0 Å². The first-order valence-corrected chi connectivity index (χ1v) is 7.03. The summed E-state index contributed by atoms with van der Waals surface area (Å²) in [4.78, 5) is 11.6. The lowest BCUT2D eigenvalue weighted by Crippen LogP contribution is -2.28. The van der Waals surface area contributed by atoms with Crippen molar-refractivity contribution in [2.45, 2.75) is 33.9 Å². The van der Waals surface area contributed by atoms with E-state index >= 15 is 0 Å². The fourth-order valence-corrected chi connectivity index (χ4v) is 2.04. The minimum atomic E-state index is -0.405. The zero-order valence-electron chi connectivity index (χ0n) is 12.7. The predicted molar refractivity (Wildman–Crippen MR) is 81.1 cm³/mol. The highest BCUT2D eigenvalue weighted by molar-refractivity contribution is 5.67. The van der Waals surface area contributed by atoms with Crippen LogP contribution in [0.4, 0.5) is 4.79 Å². The Bertz CT molecular complexity index is 605. The monoisotopic (exact) mass is 287 g/mol. The van der Waals surface area contributed by atoms with E-state index in [1.165, 1.54) is 5.56 Å². The maximum absolute atomic E-state index is 11.6. The van der Waals surface area contributed by atoms with Crippen LogP contribution in [0.25, 0.3) is 0 Å². The molecule has 0 saturated carbocycles. The number of ether oxygens (including phenoxy) is 1. The number of carbonyl (C=O) groups excluding carboxylic acids is 1. The lowest BCUT2D eigenvalue weighted by Gasteiger charge is -2.08. The molecule has 0 spiro atoms. The van der Waals surface area contributed by atoms with Crippen LogP contribution in [0.1, 0.15) is 22.5 Å². The van der Waals surface area contributed by atoms with E-state index in [1.807, 2.05) is 48.9 Å². The van der Waals surface area contributed by atoms with Crippen LogP contribution in [-0.4, -0.2) is 22.4 Å². The van der Waals surface area contributed by atoms with Crippen LogP contribution in [0.5, 0.6) is 0 Å². The molecule has 2 rings (SSSR count). The van der Waals surface area contributed by atoms with Gasteiger partial charge < -0.3 is 10.1 Å². The zero-order chi connectivity index (χ0) is 15.2. The molecule has 1 aromatic heterocycles. The Morgan fingerprint density at radius 1 is 1.24 bits per heavy atom. The maximum atomic E-state index is 11.6. The first-order chi connectivity index (χ1) is 10.1. The summed E-state index contributed by atoms with van der Waals surface area (Å²) in [6.45, 7) is 7.49. The molecule has 0 atom stereocenters. The van der Waals surface area contributed by atoms with Gasteiger partial charge in [0, 0.05) is 12.2 Å². The third-order valence-electron chi connectivity index (χ3n) is 3.55. The first kappa shape index (κ1) is 15.1. The van der Waals surface area contributed by atoms with E-state index in [9.17, 15) is 4.79 Å². The van der Waals surface area contributed by atoms with Crippen molar-refractivity contribution in [1.29, 1.82) is 0 Å². The molecule has 112 valence electrons. The molecule has 1 heterocycles. The second-order valence-corrected chi connectivity index (χ2v) is 5.01. The highest BCUT2D eigenvalue weighted by Gasteiger charge is 2.07. The molecular weight excluding hydrogens is 266 g/mol. The predicted octanol–water partition coefficient (Wildman–Crippen LogP) is 2.73. The molecule has 5 nitrogen and oxygen atoms in total. The van der Waals surface area contributed by atoms with E-state index < -0.39 is 6.09 Å². The van der Waals surface area contributed by atoms with Crippen LogP contribution >= 0.6 is 0 Å². The highest BCUT2D eigenvalue weighted by atomic mass is 16.5. The molecule has 5 heteroatoms. The van der Waals surface area contributed by atoms with E-state index in [0.29, 0.717) is 13.1 Å². The normalized spacial score (nSPS) is 10.4. The van der Waals surface area contributed by atoms with Crippen molar-refractivity contribution in [3.8, 4) is 0 Å². The Kier molecular flexibility index (Phi) is 4.98. The molecule has 21 heavy (non-hydrogen) atoms. The van der Waals surface area contributed by atoms with Gasteiger partial charge in [0.05, 0.1) is 12.2 Å². The van der Waals surface area contributed by atoms with Gasteiger partial charge in [0.25, 0.3) is 0 Å². The Balaban J connectivity index is 1.73. The first-order valence-electron chi connectivity index (χ1n) is 7.03. The van der Waals surface area contributed by atoms with Gasteiger partial charge in [-0.3, -0.25) is 4.68 Å². The van der Waals surface area contributed by atoms with Crippen LogP contribution in [0.15, 0.2) is 30.3 Å². The summed E-state index contributed by atoms with van der Waals surface area (Å²) in [5, 5.41) is 7.16. The molecule has 1 N–H and O–H groups in total. The molecule has 0 radical (unpaired) electrons. The van der Waals surface area contributed by atoms with Gasteiger partial charge in [-0.05, 0) is 31.9 Å². The summed E-state index contributed by atoms with van der Waals surface area (Å²) in [6.07, 6.45) is -0.405. The van der Waals surface area contributed by atoms with E-state index in [1.54, 1.807) is 0 Å². The number of nitrogens with one attached hydrogen (secondary N) is 1. The molecule has 1 aromatic carbocycles. The molecule has 0 saturated heterocycles. The Morgan fingerprint density at radius 3 is 2.57 bits per heavy atom. The number of nitrogens with zero attached hydrogens (tertiary/aromatic N) is 2. The number of carbonyl (C=O) groups is 1. The van der Waals surface area contributed by atoms with Gasteiger partial charge in [0.1, 0.15) is 6.61 Å². The Morgan fingerprint density at radius 2 is 1.95 bits per heavy atom. The minimum absolute atomic E-state index is 0.283. The molecule has 0 aliphatic heterocycles. The fraction of sp³-hybridized carbons (Fsp3) is 0.375. The summed E-state index contributed by atoms with van der Waals surface area (Å²) in [5.74, 6) is 0. The number of alkyl carbamates (subject to hydrolysis) is 1. The number of hydrogen-bond acceptors (Lipinski definition) is 3. The van der Waals surface area contributed by atoms with Crippen molar-refractivity contribution in [3.05, 3.63) is 52.8 Å². The number of hydrogen-bond donors (Lipinski definition) is 1. The SMILES string of the molecule is Cc1nn(CCNC(=O)OCc2ccccc2)c(C)c1C. The second-order valence-electron chi connectivity index (χ2n) is 5.01. The smallest absolute Gasteiger partial charge is 0.407 e. The number of benzene rings is 1. The number of amides is 1. The van der Waals surface area contributed by atoms with Crippen LogP contribution in [0, 0.1) is 20.8 Å². The van der Waals surface area contributed by atoms with Crippen LogP contribution in [-0.2, 0) is 17.9 Å². The standard InChI is InChI=1S/C16H21N3O2/c1-12-13(2)18-19(14(12)3)10-9-17-16(20)21-11-15-7-5-4-6-8-15/h4-8H,9-11H2,1-3H3,(H,17,20). The Labute approximate surface area is 124 Å². The van der Waals surface area contributed by atoms with Crippen molar-refractivity contribution < 1.29 is 9.53 Å². The number of aromatic nitrogens is 2. The van der Waals surface area contributed by atoms with Gasteiger partial charge in [0.2, 0.25) is 0 Å². The highest BCUT2D eigenvalue weighted by Crippen LogP contribution is 2.10. The molecule has 0 fully saturated rings. The second kappa shape index (κ2) is 6.92. The van der Waals surface area contributed by atoms with Crippen molar-refractivity contribution in [2.24, 2.45) is 0 Å². The van der Waals surface area contributed by atoms with Crippen molar-refractivity contribution in [3.63, 3.8) is 0 Å². The van der Waals surface area contributed by atoms with Gasteiger partial charge in [-0.15, -0.1) is 0 Å². The summed E-state index contributed by atoms with van der Waals surface area (Å²) < 4.78 is 7.05. The Hall–Kier alpha value is -2.30. The number of aryl methyl sites for hydroxylation is 1. The van der Waals surface area contributed by atoms with Crippen LogP contribution < -0.4 is 5.32 Å². The lowest BCUT2D eigenvalue weighted by molar-refractivity contribution is 0.139. The minimum Gasteiger partial charge on any atom is -0.445 e. The molecule has 0 unspecified atom stereocenters. The third kappa shape index (κ3) is 4.08. The van der Waals surface area contributed by atoms with Crippen LogP contribution in [0.3, 0.4) is 0 Å². The van der Waals surface area contributed by atoms with E-state index in [2.05, 4.69) is 17.3 Å². The van der Waals surface area contributed by atoms with E-state index in [4.69, 9.17) is 4.74 Å². The average molecular weight is 287 g/mol. The van der Waals surface area contributed by atoms with E-state index in [-0.39, 0.29) is 6.61 Å². The summed E-state index contributed by atoms with van der Waals surface area (Å²) in [7, 11) is 0. The molecule has 1 amide bonds. The van der Waals surface area contributed by atoms with Gasteiger partial charge in [-0.2, -0.15) is 5.10 Å². The largest absolute Gasteiger partial charge is 0.445 e. The molecule has 2 aromatic rings. The van der Waals surface area contributed by atoms with Crippen molar-refractivity contribution in [1.82, 2.24) is 15.1 Å². The van der Waals surface area contributed by atoms with Crippen molar-refractivity contribution in [2.75, 3.05) is 6.54 Å². The summed E-state index contributed by atoms with van der Waals surface area (Å²) in [5.41, 5.74) is 4.33. The van der Waals surface area contributed by atoms with Gasteiger partial charge in [-0.25, -0.2) is 4.79 Å². The summed E-state index contributed by atoms with van der Waals surface area (Å²) >= 11 is 0. The topological polar surface area (TPSA) is 56.2 Å². The molecule has 0 aliphatic rings. The maximum Gasteiger partial charge on any atom is 0.407 e. The van der Waals surface area contributed by atoms with Gasteiger partial charge >= 0.3 is 6.09 Å². The number of rotatable bonds is 5. The summed E-state index contributed by atoms with van der Waals surface area (Å²) in [6, 6.07) is 9.61. The lowest BCUT2D eigenvalue weighted by atomic mass is 10.2. The average Bonchev–Trinajstić information content (AvgIpc) is 2.74. The quantitative estimate of drug-likeness (QED) is 0.920. The van der Waals surface area contributed by atoms with Crippen molar-refractivity contribution >= 4 is 6.09 Å². The zero-order valence-corrected chi connectivity index (χ0v) is 12.7. The third-order valence-corrected chi connectivity index (χ3v) is 3.55. The van der Waals surface area contributed by atoms with Gasteiger partial charge in [-0.1, -0.05) is 30.3 Å².